The van der Waals surface area contributed by atoms with Crippen LogP contribution in [0.2, 0.25) is 0 Å². The first-order valence-corrected chi connectivity index (χ1v) is 7.90. The smallest absolute Gasteiger partial charge is 0.240 e. The number of benzene rings is 1. The second-order valence-electron chi connectivity index (χ2n) is 4.66. The number of hydrogen-bond acceptors (Lipinski definition) is 4. The maximum Gasteiger partial charge on any atom is 0.240 e. The van der Waals surface area contributed by atoms with Gasteiger partial charge in [0.15, 0.2) is 0 Å². The van der Waals surface area contributed by atoms with Crippen LogP contribution in [0.3, 0.4) is 0 Å². The molecule has 1 aromatic rings. The number of amides is 1. The van der Waals surface area contributed by atoms with Crippen LogP contribution in [0.4, 0.5) is 5.69 Å². The monoisotopic (exact) mass is 309 g/mol. The average molecular weight is 309 g/mol. The normalized spacial score (nSPS) is 11.1. The molecule has 1 rings (SSSR count). The fourth-order valence-corrected chi connectivity index (χ4v) is 2.80. The number of sulfonamides is 1. The molecule has 3 N–H and O–H groups in total. The predicted molar refractivity (Wildman–Crippen MR) is 82.2 cm³/mol. The summed E-state index contributed by atoms with van der Waals surface area (Å²) < 4.78 is 26.3. The highest BCUT2D eigenvalue weighted by molar-refractivity contribution is 7.89. The van der Waals surface area contributed by atoms with E-state index in [1.807, 2.05) is 0 Å². The highest BCUT2D eigenvalue weighted by Crippen LogP contribution is 2.14. The van der Waals surface area contributed by atoms with Gasteiger partial charge in [0.05, 0.1) is 18.0 Å². The fourth-order valence-electron chi connectivity index (χ4n) is 1.55. The summed E-state index contributed by atoms with van der Waals surface area (Å²) in [4.78, 5) is 11.7. The molecule has 0 saturated carbocycles. The van der Waals surface area contributed by atoms with E-state index in [1.54, 1.807) is 13.8 Å². The van der Waals surface area contributed by atoms with Gasteiger partial charge in [-0.25, -0.2) is 13.1 Å². The molecular weight excluding hydrogens is 290 g/mol. The molecule has 0 radical (unpaired) electrons. The topological polar surface area (TPSA) is 87.3 Å². The van der Waals surface area contributed by atoms with E-state index >= 15 is 0 Å². The van der Waals surface area contributed by atoms with Gasteiger partial charge in [-0.1, -0.05) is 5.92 Å². The summed E-state index contributed by atoms with van der Waals surface area (Å²) in [6.07, 6.45) is 5.05. The van der Waals surface area contributed by atoms with Crippen molar-refractivity contribution in [2.45, 2.75) is 24.8 Å². The fraction of sp³-hybridized carbons (Fsp3) is 0.357. The lowest BCUT2D eigenvalue weighted by Crippen LogP contribution is -2.30. The largest absolute Gasteiger partial charge is 0.325 e. The van der Waals surface area contributed by atoms with E-state index in [4.69, 9.17) is 6.42 Å². The van der Waals surface area contributed by atoms with Crippen molar-refractivity contribution in [2.75, 3.05) is 18.4 Å². The van der Waals surface area contributed by atoms with E-state index in [0.29, 0.717) is 12.2 Å². The highest BCUT2D eigenvalue weighted by atomic mass is 32.2. The molecule has 0 heterocycles. The molecule has 6 nitrogen and oxygen atoms in total. The lowest BCUT2D eigenvalue weighted by atomic mass is 10.3. The summed E-state index contributed by atoms with van der Waals surface area (Å²) in [6.45, 7) is 3.90. The molecule has 0 atom stereocenters. The van der Waals surface area contributed by atoms with Crippen molar-refractivity contribution in [1.29, 1.82) is 0 Å². The maximum absolute atomic E-state index is 11.9. The Morgan fingerprint density at radius 1 is 1.29 bits per heavy atom. The van der Waals surface area contributed by atoms with E-state index in [1.165, 1.54) is 24.3 Å². The van der Waals surface area contributed by atoms with E-state index in [-0.39, 0.29) is 23.4 Å². The van der Waals surface area contributed by atoms with Crippen LogP contribution in [0, 0.1) is 12.3 Å². The molecule has 0 aliphatic carbocycles. The third-order valence-corrected chi connectivity index (χ3v) is 4.03. The summed E-state index contributed by atoms with van der Waals surface area (Å²) in [6, 6.07) is 5.77. The zero-order valence-electron chi connectivity index (χ0n) is 12.0. The molecule has 0 aliphatic heterocycles. The van der Waals surface area contributed by atoms with Crippen LogP contribution in [0.15, 0.2) is 29.2 Å². The van der Waals surface area contributed by atoms with E-state index < -0.39 is 10.0 Å². The zero-order chi connectivity index (χ0) is 15.9. The molecule has 114 valence electrons. The zero-order valence-corrected chi connectivity index (χ0v) is 12.8. The van der Waals surface area contributed by atoms with Gasteiger partial charge < -0.3 is 5.32 Å². The number of hydrogen-bond donors (Lipinski definition) is 3. The maximum atomic E-state index is 11.9. The molecule has 0 saturated heterocycles. The molecule has 7 heteroatoms. The van der Waals surface area contributed by atoms with Crippen molar-refractivity contribution in [3.63, 3.8) is 0 Å². The van der Waals surface area contributed by atoms with E-state index in [0.717, 1.165) is 0 Å². The van der Waals surface area contributed by atoms with Gasteiger partial charge in [0.1, 0.15) is 0 Å². The second-order valence-corrected chi connectivity index (χ2v) is 6.37. The summed E-state index contributed by atoms with van der Waals surface area (Å²) in [5.41, 5.74) is 0.519. The number of carbonyl (C=O) groups is 1. The van der Waals surface area contributed by atoms with Gasteiger partial charge in [0.2, 0.25) is 15.9 Å². The van der Waals surface area contributed by atoms with Gasteiger partial charge in [-0.3, -0.25) is 10.1 Å². The quantitative estimate of drug-likeness (QED) is 0.506. The van der Waals surface area contributed by atoms with Gasteiger partial charge in [0, 0.05) is 11.7 Å². The Hall–Kier alpha value is -1.88. The first-order valence-electron chi connectivity index (χ1n) is 6.41. The Balaban J connectivity index is 2.66. The number of carbonyl (C=O) groups excluding carboxylic acids is 1. The van der Waals surface area contributed by atoms with Gasteiger partial charge in [-0.15, -0.1) is 6.42 Å². The van der Waals surface area contributed by atoms with Crippen LogP contribution >= 0.6 is 0 Å². The van der Waals surface area contributed by atoms with Gasteiger partial charge in [-0.05, 0) is 38.1 Å². The number of terminal acetylenes is 1. The Morgan fingerprint density at radius 3 is 2.43 bits per heavy atom. The van der Waals surface area contributed by atoms with Crippen molar-refractivity contribution in [2.24, 2.45) is 0 Å². The van der Waals surface area contributed by atoms with Crippen LogP contribution in [0.5, 0.6) is 0 Å². The summed E-state index contributed by atoms with van der Waals surface area (Å²) >= 11 is 0. The third kappa shape index (κ3) is 5.95. The summed E-state index contributed by atoms with van der Waals surface area (Å²) in [5.74, 6) is 2.11. The minimum atomic E-state index is -3.52. The molecular formula is C14H19N3O3S. The van der Waals surface area contributed by atoms with Gasteiger partial charge in [-0.2, -0.15) is 0 Å². The number of rotatable bonds is 7. The third-order valence-electron chi connectivity index (χ3n) is 2.35. The lowest BCUT2D eigenvalue weighted by molar-refractivity contribution is -0.115. The van der Waals surface area contributed by atoms with Crippen molar-refractivity contribution >= 4 is 21.6 Å². The Morgan fingerprint density at radius 2 is 1.90 bits per heavy atom. The molecule has 0 fully saturated rings. The molecule has 0 bridgehead atoms. The molecule has 1 amide bonds. The highest BCUT2D eigenvalue weighted by Gasteiger charge is 2.15. The van der Waals surface area contributed by atoms with Crippen LogP contribution in [0.1, 0.15) is 13.8 Å². The molecule has 1 aromatic carbocycles. The molecule has 21 heavy (non-hydrogen) atoms. The molecule has 0 spiro atoms. The minimum absolute atomic E-state index is 0.0964. The predicted octanol–water partition coefficient (Wildman–Crippen LogP) is 0.535. The first kappa shape index (κ1) is 17.2. The Bertz CT molecular complexity index is 616. The standard InChI is InChI=1S/C14H19N3O3S/c1-4-9-15-10-14(18)16-12-5-7-13(8-6-12)21(19,20)17-11(2)3/h1,5-8,11,15,17H,9-10H2,2-3H3,(H,16,18). The number of anilines is 1. The van der Waals surface area contributed by atoms with Crippen LogP contribution in [-0.2, 0) is 14.8 Å². The minimum Gasteiger partial charge on any atom is -0.325 e. The van der Waals surface area contributed by atoms with Gasteiger partial charge in [0.25, 0.3) is 0 Å². The Kier molecular flexibility index (Phi) is 6.37. The van der Waals surface area contributed by atoms with Crippen LogP contribution in [0.25, 0.3) is 0 Å². The van der Waals surface area contributed by atoms with Crippen molar-refractivity contribution in [1.82, 2.24) is 10.0 Å². The molecule has 0 aliphatic rings. The summed E-state index contributed by atoms with van der Waals surface area (Å²) in [7, 11) is -3.52. The average Bonchev–Trinajstić information content (AvgIpc) is 2.38. The van der Waals surface area contributed by atoms with Crippen molar-refractivity contribution in [3.05, 3.63) is 24.3 Å². The SMILES string of the molecule is C#CCNCC(=O)Nc1ccc(S(=O)(=O)NC(C)C)cc1. The van der Waals surface area contributed by atoms with Gasteiger partial charge >= 0.3 is 0 Å². The second kappa shape index (κ2) is 7.78. The van der Waals surface area contributed by atoms with E-state index in [2.05, 4.69) is 21.3 Å². The van der Waals surface area contributed by atoms with Crippen LogP contribution < -0.4 is 15.4 Å². The molecule has 0 aromatic heterocycles. The Labute approximate surface area is 125 Å². The number of nitrogens with one attached hydrogen (secondary N) is 3. The van der Waals surface area contributed by atoms with E-state index in [9.17, 15) is 13.2 Å². The van der Waals surface area contributed by atoms with Crippen molar-refractivity contribution < 1.29 is 13.2 Å². The molecule has 0 unspecified atom stereocenters. The van der Waals surface area contributed by atoms with Crippen LogP contribution in [-0.4, -0.2) is 33.5 Å². The summed E-state index contributed by atoms with van der Waals surface area (Å²) in [5, 5.41) is 5.39. The first-order chi connectivity index (χ1) is 9.85. The van der Waals surface area contributed by atoms with Crippen molar-refractivity contribution in [3.8, 4) is 12.3 Å². The lowest BCUT2D eigenvalue weighted by Gasteiger charge is -2.10.